The third-order valence-electron chi connectivity index (χ3n) is 7.07. The largest absolute Gasteiger partial charge is 0.509 e. The molecule has 10 heteroatoms. The first kappa shape index (κ1) is 34.9. The molecular weight excluding hydrogens is 518 g/mol. The summed E-state index contributed by atoms with van der Waals surface area (Å²) < 4.78 is 21.7. The van der Waals surface area contributed by atoms with Crippen LogP contribution in [0.1, 0.15) is 81.2 Å². The van der Waals surface area contributed by atoms with E-state index in [0.29, 0.717) is 12.0 Å². The highest BCUT2D eigenvalue weighted by atomic mass is 16.7. The highest BCUT2D eigenvalue weighted by Crippen LogP contribution is 2.31. The van der Waals surface area contributed by atoms with Crippen LogP contribution in [0.25, 0.3) is 0 Å². The van der Waals surface area contributed by atoms with Gasteiger partial charge in [0, 0.05) is 6.54 Å². The molecule has 4 atom stereocenters. The van der Waals surface area contributed by atoms with Crippen LogP contribution in [0, 0.1) is 23.7 Å². The van der Waals surface area contributed by atoms with E-state index in [2.05, 4.69) is 5.32 Å². The highest BCUT2D eigenvalue weighted by Gasteiger charge is 2.27. The molecule has 0 aliphatic carbocycles. The molecular formula is C30H47NO9. The zero-order valence-corrected chi connectivity index (χ0v) is 25.5. The van der Waals surface area contributed by atoms with Crippen molar-refractivity contribution in [2.75, 3.05) is 6.54 Å². The maximum absolute atomic E-state index is 12.7. The third-order valence-corrected chi connectivity index (χ3v) is 7.07. The van der Waals surface area contributed by atoms with Crippen LogP contribution in [-0.2, 0) is 30.3 Å². The van der Waals surface area contributed by atoms with Gasteiger partial charge < -0.3 is 29.4 Å². The van der Waals surface area contributed by atoms with Gasteiger partial charge in [0.25, 0.3) is 0 Å². The minimum absolute atomic E-state index is 0.0241. The maximum atomic E-state index is 12.7. The van der Waals surface area contributed by atoms with Crippen molar-refractivity contribution in [3.05, 3.63) is 23.8 Å². The number of rotatable bonds is 15. The molecule has 40 heavy (non-hydrogen) atoms. The summed E-state index contributed by atoms with van der Waals surface area (Å²) in [5.41, 5.74) is -0.135. The number of carboxylic acids is 1. The number of hydrogen-bond donors (Lipinski definition) is 2. The van der Waals surface area contributed by atoms with Crippen molar-refractivity contribution in [3.63, 3.8) is 0 Å². The van der Waals surface area contributed by atoms with E-state index in [4.69, 9.17) is 18.9 Å². The van der Waals surface area contributed by atoms with Gasteiger partial charge >= 0.3 is 24.1 Å². The minimum atomic E-state index is -1.12. The molecule has 0 radical (unpaired) electrons. The predicted molar refractivity (Wildman–Crippen MR) is 150 cm³/mol. The normalized spacial score (nSPS) is 14.7. The second-order valence-corrected chi connectivity index (χ2v) is 11.6. The van der Waals surface area contributed by atoms with E-state index in [1.807, 2.05) is 34.6 Å². The molecule has 10 nitrogen and oxygen atoms in total. The molecule has 0 amide bonds. The van der Waals surface area contributed by atoms with Crippen molar-refractivity contribution in [2.45, 2.75) is 99.8 Å². The summed E-state index contributed by atoms with van der Waals surface area (Å²) in [6.45, 7) is 18.2. The number of carboxylic acid groups (broad SMARTS) is 1. The van der Waals surface area contributed by atoms with E-state index in [1.165, 1.54) is 12.1 Å². The van der Waals surface area contributed by atoms with Crippen molar-refractivity contribution in [3.8, 4) is 11.5 Å². The quantitative estimate of drug-likeness (QED) is 0.210. The number of benzene rings is 1. The number of aliphatic carboxylic acids is 1. The molecule has 0 heterocycles. The summed E-state index contributed by atoms with van der Waals surface area (Å²) in [6, 6.07) is 3.59. The van der Waals surface area contributed by atoms with E-state index >= 15 is 0 Å². The van der Waals surface area contributed by atoms with Crippen LogP contribution >= 0.6 is 0 Å². The van der Waals surface area contributed by atoms with E-state index in [0.717, 1.165) is 0 Å². The Morgan fingerprint density at radius 3 is 1.88 bits per heavy atom. The number of hydrogen-bond acceptors (Lipinski definition) is 9. The number of carbonyl (C=O) groups excluding carboxylic acids is 3. The Kier molecular flexibility index (Phi) is 13.6. The molecule has 0 saturated heterocycles. The van der Waals surface area contributed by atoms with E-state index in [9.17, 15) is 24.3 Å². The van der Waals surface area contributed by atoms with Crippen LogP contribution in [0.2, 0.25) is 0 Å². The standard InChI is InChI=1S/C30H47NO9/c1-11-30(9,10)40-29(36)37-19(6)16-31-23(26(32)33)14-22-12-13-24(38-27(34)20(7)17(2)3)25(15-22)39-28(35)21(8)18(4)5/h12-13,15,17-21,23,31H,11,14,16H2,1-10H3,(H,32,33)/t19?,20?,21?,23-/m0/s1. The minimum Gasteiger partial charge on any atom is -0.480 e. The van der Waals surface area contributed by atoms with Crippen molar-refractivity contribution in [2.24, 2.45) is 23.7 Å². The molecule has 0 aromatic heterocycles. The summed E-state index contributed by atoms with van der Waals surface area (Å²) in [5.74, 6) is -2.66. The topological polar surface area (TPSA) is 137 Å². The Labute approximate surface area is 238 Å². The summed E-state index contributed by atoms with van der Waals surface area (Å²) in [7, 11) is 0. The van der Waals surface area contributed by atoms with Crippen LogP contribution < -0.4 is 14.8 Å². The fourth-order valence-electron chi connectivity index (χ4n) is 3.11. The molecule has 1 rings (SSSR count). The summed E-state index contributed by atoms with van der Waals surface area (Å²) in [5, 5.41) is 12.7. The fraction of sp³-hybridized carbons (Fsp3) is 0.667. The fourth-order valence-corrected chi connectivity index (χ4v) is 3.11. The SMILES string of the molecule is CCC(C)(C)OC(=O)OC(C)CN[C@@H](Cc1ccc(OC(=O)C(C)C(C)C)c(OC(=O)C(C)C(C)C)c1)C(=O)O. The van der Waals surface area contributed by atoms with Crippen molar-refractivity contribution in [1.82, 2.24) is 5.32 Å². The highest BCUT2D eigenvalue weighted by molar-refractivity contribution is 5.79. The summed E-state index contributed by atoms with van der Waals surface area (Å²) in [6.07, 6.45) is -0.845. The van der Waals surface area contributed by atoms with Crippen LogP contribution in [-0.4, -0.2) is 53.5 Å². The predicted octanol–water partition coefficient (Wildman–Crippen LogP) is 5.40. The van der Waals surface area contributed by atoms with Gasteiger partial charge in [0.15, 0.2) is 11.5 Å². The molecule has 226 valence electrons. The average molecular weight is 566 g/mol. The summed E-state index contributed by atoms with van der Waals surface area (Å²) >= 11 is 0. The van der Waals surface area contributed by atoms with Crippen molar-refractivity contribution >= 4 is 24.1 Å². The van der Waals surface area contributed by atoms with Crippen LogP contribution in [0.4, 0.5) is 4.79 Å². The lowest BCUT2D eigenvalue weighted by Crippen LogP contribution is -2.43. The second-order valence-electron chi connectivity index (χ2n) is 11.6. The lowest BCUT2D eigenvalue weighted by atomic mass is 9.98. The smallest absolute Gasteiger partial charge is 0.480 e. The number of carbonyl (C=O) groups is 4. The monoisotopic (exact) mass is 565 g/mol. The van der Waals surface area contributed by atoms with Gasteiger partial charge in [0.05, 0.1) is 11.8 Å². The lowest BCUT2D eigenvalue weighted by molar-refractivity contribution is -0.142. The molecule has 0 spiro atoms. The van der Waals surface area contributed by atoms with Gasteiger partial charge in [-0.05, 0) is 63.1 Å². The first-order chi connectivity index (χ1) is 18.5. The number of ether oxygens (including phenoxy) is 4. The van der Waals surface area contributed by atoms with Gasteiger partial charge in [0.1, 0.15) is 17.7 Å². The van der Waals surface area contributed by atoms with Gasteiger partial charge in [-0.2, -0.15) is 0 Å². The van der Waals surface area contributed by atoms with E-state index < -0.39 is 47.7 Å². The zero-order valence-electron chi connectivity index (χ0n) is 25.5. The Balaban J connectivity index is 3.07. The first-order valence-corrected chi connectivity index (χ1v) is 13.9. The van der Waals surface area contributed by atoms with Crippen LogP contribution in [0.5, 0.6) is 11.5 Å². The van der Waals surface area contributed by atoms with E-state index in [-0.39, 0.29) is 42.2 Å². The number of nitrogens with one attached hydrogen (secondary N) is 1. The molecule has 0 aliphatic heterocycles. The Hall–Kier alpha value is -3.14. The molecule has 3 unspecified atom stereocenters. The molecule has 0 fully saturated rings. The Bertz CT molecular complexity index is 1020. The molecule has 1 aromatic carbocycles. The molecule has 0 bridgehead atoms. The van der Waals surface area contributed by atoms with Gasteiger partial charge in [-0.25, -0.2) is 4.79 Å². The molecule has 0 aliphatic rings. The molecule has 1 aromatic rings. The first-order valence-electron chi connectivity index (χ1n) is 13.9. The Morgan fingerprint density at radius 1 is 0.875 bits per heavy atom. The van der Waals surface area contributed by atoms with Crippen LogP contribution in [0.3, 0.4) is 0 Å². The van der Waals surface area contributed by atoms with Gasteiger partial charge in [0.2, 0.25) is 0 Å². The van der Waals surface area contributed by atoms with Crippen molar-refractivity contribution in [1.29, 1.82) is 0 Å². The zero-order chi connectivity index (χ0) is 30.8. The third kappa shape index (κ3) is 11.5. The number of esters is 2. The summed E-state index contributed by atoms with van der Waals surface area (Å²) in [4.78, 5) is 49.4. The van der Waals surface area contributed by atoms with Gasteiger partial charge in [-0.1, -0.05) is 54.5 Å². The van der Waals surface area contributed by atoms with Gasteiger partial charge in [-0.3, -0.25) is 14.4 Å². The van der Waals surface area contributed by atoms with Crippen molar-refractivity contribution < 1.29 is 43.2 Å². The average Bonchev–Trinajstić information content (AvgIpc) is 2.85. The van der Waals surface area contributed by atoms with Crippen LogP contribution in [0.15, 0.2) is 18.2 Å². The Morgan fingerprint density at radius 2 is 1.40 bits per heavy atom. The lowest BCUT2D eigenvalue weighted by Gasteiger charge is -2.24. The molecule has 2 N–H and O–H groups in total. The molecule has 0 saturated carbocycles. The maximum Gasteiger partial charge on any atom is 0.509 e. The van der Waals surface area contributed by atoms with E-state index in [1.54, 1.807) is 40.7 Å². The van der Waals surface area contributed by atoms with Gasteiger partial charge in [-0.15, -0.1) is 0 Å². The second kappa shape index (κ2) is 15.6.